The predicted octanol–water partition coefficient (Wildman–Crippen LogP) is 3.12. The second-order valence-electron chi connectivity index (χ2n) is 6.77. The van der Waals surface area contributed by atoms with Gasteiger partial charge < -0.3 is 10.6 Å². The van der Waals surface area contributed by atoms with E-state index in [9.17, 15) is 0 Å². The van der Waals surface area contributed by atoms with Gasteiger partial charge in [-0.05, 0) is 49.5 Å². The van der Waals surface area contributed by atoms with Gasteiger partial charge in [-0.3, -0.25) is 0 Å². The van der Waals surface area contributed by atoms with Crippen LogP contribution in [0.1, 0.15) is 53.4 Å². The normalized spacial score (nSPS) is 26.5. The number of nitrogens with two attached hydrogens (primary N) is 1. The molecule has 0 bridgehead atoms. The molecule has 1 aliphatic carbocycles. The molecule has 0 atom stereocenters. The van der Waals surface area contributed by atoms with Crippen LogP contribution in [0.4, 0.5) is 0 Å². The molecule has 1 aliphatic rings. The zero-order chi connectivity index (χ0) is 12.9. The molecule has 0 saturated heterocycles. The average molecular weight is 240 g/mol. The Hall–Kier alpha value is -0.0800. The van der Waals surface area contributed by atoms with Gasteiger partial charge in [0.25, 0.3) is 0 Å². The van der Waals surface area contributed by atoms with E-state index in [-0.39, 0.29) is 0 Å². The van der Waals surface area contributed by atoms with Gasteiger partial charge in [0.15, 0.2) is 0 Å². The third kappa shape index (κ3) is 4.97. The second kappa shape index (κ2) is 6.75. The van der Waals surface area contributed by atoms with Gasteiger partial charge in [0, 0.05) is 19.6 Å². The summed E-state index contributed by atoms with van der Waals surface area (Å²) in [5, 5.41) is 0. The molecule has 1 rings (SSSR count). The Labute approximate surface area is 108 Å². The monoisotopic (exact) mass is 240 g/mol. The maximum Gasteiger partial charge on any atom is 0.0105 e. The maximum atomic E-state index is 5.65. The Kier molecular flexibility index (Phi) is 5.94. The van der Waals surface area contributed by atoms with Crippen molar-refractivity contribution in [2.75, 3.05) is 26.2 Å². The molecule has 0 aliphatic heterocycles. The van der Waals surface area contributed by atoms with Gasteiger partial charge in [-0.15, -0.1) is 0 Å². The highest BCUT2D eigenvalue weighted by atomic mass is 15.1. The average Bonchev–Trinajstić information content (AvgIpc) is 2.28. The molecule has 1 saturated carbocycles. The van der Waals surface area contributed by atoms with Crippen LogP contribution in [0.25, 0.3) is 0 Å². The van der Waals surface area contributed by atoms with Crippen LogP contribution in [0.3, 0.4) is 0 Å². The lowest BCUT2D eigenvalue weighted by molar-refractivity contribution is 0.127. The van der Waals surface area contributed by atoms with Crippen LogP contribution in [0.2, 0.25) is 0 Å². The fourth-order valence-corrected chi connectivity index (χ4v) is 3.14. The van der Waals surface area contributed by atoms with Crippen LogP contribution in [0.15, 0.2) is 0 Å². The number of hydrogen-bond acceptors (Lipinski definition) is 2. The summed E-state index contributed by atoms with van der Waals surface area (Å²) in [7, 11) is 0. The zero-order valence-corrected chi connectivity index (χ0v) is 12.3. The van der Waals surface area contributed by atoms with Crippen molar-refractivity contribution in [2.24, 2.45) is 23.0 Å². The SMILES string of the molecule is CCN(CCN)CC1CCC(C(C)(C)C)CC1. The van der Waals surface area contributed by atoms with E-state index >= 15 is 0 Å². The molecule has 1 fully saturated rings. The molecule has 2 heteroatoms. The van der Waals surface area contributed by atoms with E-state index in [1.807, 2.05) is 0 Å². The van der Waals surface area contributed by atoms with Crippen LogP contribution in [-0.4, -0.2) is 31.1 Å². The van der Waals surface area contributed by atoms with Crippen molar-refractivity contribution >= 4 is 0 Å². The summed E-state index contributed by atoms with van der Waals surface area (Å²) in [6, 6.07) is 0. The fourth-order valence-electron chi connectivity index (χ4n) is 3.14. The number of nitrogens with zero attached hydrogens (tertiary/aromatic N) is 1. The molecule has 2 nitrogen and oxygen atoms in total. The van der Waals surface area contributed by atoms with Crippen molar-refractivity contribution in [3.05, 3.63) is 0 Å². The van der Waals surface area contributed by atoms with Crippen molar-refractivity contribution in [1.29, 1.82) is 0 Å². The van der Waals surface area contributed by atoms with Gasteiger partial charge in [-0.2, -0.15) is 0 Å². The van der Waals surface area contributed by atoms with Crippen LogP contribution < -0.4 is 5.73 Å². The largest absolute Gasteiger partial charge is 0.329 e. The summed E-state index contributed by atoms with van der Waals surface area (Å²) in [6.45, 7) is 13.7. The van der Waals surface area contributed by atoms with E-state index in [0.717, 1.165) is 31.5 Å². The minimum absolute atomic E-state index is 0.507. The predicted molar refractivity (Wildman–Crippen MR) is 76.1 cm³/mol. The molecule has 0 unspecified atom stereocenters. The van der Waals surface area contributed by atoms with Gasteiger partial charge >= 0.3 is 0 Å². The third-order valence-corrected chi connectivity index (χ3v) is 4.48. The molecule has 0 aromatic rings. The Morgan fingerprint density at radius 3 is 2.12 bits per heavy atom. The summed E-state index contributed by atoms with van der Waals surface area (Å²) in [5.74, 6) is 1.85. The standard InChI is InChI=1S/C15H32N2/c1-5-17(11-10-16)12-13-6-8-14(9-7-13)15(2,3)4/h13-14H,5-12,16H2,1-4H3. The minimum Gasteiger partial charge on any atom is -0.329 e. The van der Waals surface area contributed by atoms with Gasteiger partial charge in [-0.1, -0.05) is 27.7 Å². The number of hydrogen-bond donors (Lipinski definition) is 1. The summed E-state index contributed by atoms with van der Waals surface area (Å²) in [6.07, 6.45) is 5.69. The van der Waals surface area contributed by atoms with E-state index in [1.54, 1.807) is 0 Å². The second-order valence-corrected chi connectivity index (χ2v) is 6.77. The molecule has 0 amide bonds. The third-order valence-electron chi connectivity index (χ3n) is 4.48. The van der Waals surface area contributed by atoms with Crippen LogP contribution in [0, 0.1) is 17.3 Å². The van der Waals surface area contributed by atoms with E-state index < -0.39 is 0 Å². The lowest BCUT2D eigenvalue weighted by Crippen LogP contribution is -2.36. The zero-order valence-electron chi connectivity index (χ0n) is 12.3. The van der Waals surface area contributed by atoms with Crippen molar-refractivity contribution in [1.82, 2.24) is 4.90 Å². The van der Waals surface area contributed by atoms with Gasteiger partial charge in [0.2, 0.25) is 0 Å². The molecule has 0 aromatic heterocycles. The Bertz CT molecular complexity index is 199. The summed E-state index contributed by atoms with van der Waals surface area (Å²) in [4.78, 5) is 2.52. The first-order valence-corrected chi connectivity index (χ1v) is 7.39. The van der Waals surface area contributed by atoms with E-state index in [1.165, 1.54) is 32.2 Å². The maximum absolute atomic E-state index is 5.65. The Balaban J connectivity index is 2.31. The van der Waals surface area contributed by atoms with Gasteiger partial charge in [0.05, 0.1) is 0 Å². The first kappa shape index (κ1) is 15.0. The first-order chi connectivity index (χ1) is 7.97. The number of rotatable bonds is 5. The lowest BCUT2D eigenvalue weighted by Gasteiger charge is -2.38. The Morgan fingerprint density at radius 1 is 1.12 bits per heavy atom. The van der Waals surface area contributed by atoms with Crippen LogP contribution in [-0.2, 0) is 0 Å². The van der Waals surface area contributed by atoms with Crippen molar-refractivity contribution < 1.29 is 0 Å². The summed E-state index contributed by atoms with van der Waals surface area (Å²) >= 11 is 0. The van der Waals surface area contributed by atoms with E-state index in [4.69, 9.17) is 5.73 Å². The van der Waals surface area contributed by atoms with Crippen molar-refractivity contribution in [3.63, 3.8) is 0 Å². The van der Waals surface area contributed by atoms with Crippen LogP contribution >= 0.6 is 0 Å². The number of likely N-dealkylation sites (N-methyl/N-ethyl adjacent to an activating group) is 1. The van der Waals surface area contributed by atoms with Crippen molar-refractivity contribution in [3.8, 4) is 0 Å². The van der Waals surface area contributed by atoms with E-state index in [2.05, 4.69) is 32.6 Å². The summed E-state index contributed by atoms with van der Waals surface area (Å²) in [5.41, 5.74) is 6.15. The molecular formula is C15H32N2. The molecular weight excluding hydrogens is 208 g/mol. The van der Waals surface area contributed by atoms with Gasteiger partial charge in [-0.25, -0.2) is 0 Å². The smallest absolute Gasteiger partial charge is 0.0105 e. The minimum atomic E-state index is 0.507. The lowest BCUT2D eigenvalue weighted by atomic mass is 9.70. The fraction of sp³-hybridized carbons (Fsp3) is 1.00. The first-order valence-electron chi connectivity index (χ1n) is 7.39. The highest BCUT2D eigenvalue weighted by Crippen LogP contribution is 2.39. The van der Waals surface area contributed by atoms with E-state index in [0.29, 0.717) is 5.41 Å². The van der Waals surface area contributed by atoms with Crippen molar-refractivity contribution in [2.45, 2.75) is 53.4 Å². The molecule has 2 N–H and O–H groups in total. The van der Waals surface area contributed by atoms with Gasteiger partial charge in [0.1, 0.15) is 0 Å². The highest BCUT2D eigenvalue weighted by Gasteiger charge is 2.29. The topological polar surface area (TPSA) is 29.3 Å². The highest BCUT2D eigenvalue weighted by molar-refractivity contribution is 4.81. The Morgan fingerprint density at radius 2 is 1.71 bits per heavy atom. The molecule has 17 heavy (non-hydrogen) atoms. The molecule has 0 spiro atoms. The molecule has 0 radical (unpaired) electrons. The summed E-state index contributed by atoms with van der Waals surface area (Å²) < 4.78 is 0. The molecule has 0 heterocycles. The molecule has 102 valence electrons. The van der Waals surface area contributed by atoms with Crippen LogP contribution in [0.5, 0.6) is 0 Å². The molecule has 0 aromatic carbocycles. The quantitative estimate of drug-likeness (QED) is 0.800.